The number of hydrogen-bond donors (Lipinski definition) is 1. The Balaban J connectivity index is 1.97. The van der Waals surface area contributed by atoms with Crippen LogP contribution in [0.1, 0.15) is 12.5 Å². The fourth-order valence-corrected chi connectivity index (χ4v) is 4.26. The number of nitrogens with one attached hydrogen (secondary N) is 1. The van der Waals surface area contributed by atoms with Crippen LogP contribution in [0.4, 0.5) is 5.69 Å². The highest BCUT2D eigenvalue weighted by molar-refractivity contribution is 7.16. The molecular weight excluding hydrogens is 418 g/mol. The van der Waals surface area contributed by atoms with E-state index >= 15 is 0 Å². The summed E-state index contributed by atoms with van der Waals surface area (Å²) in [6.07, 6.45) is 0.100. The van der Waals surface area contributed by atoms with E-state index in [1.807, 2.05) is 22.8 Å². The number of thiazole rings is 1. The van der Waals surface area contributed by atoms with Gasteiger partial charge in [0.1, 0.15) is 11.5 Å². The summed E-state index contributed by atoms with van der Waals surface area (Å²) in [5, 5.41) is 2.78. The molecule has 0 aliphatic carbocycles. The number of rotatable bonds is 8. The molecule has 1 heterocycles. The molecule has 31 heavy (non-hydrogen) atoms. The minimum absolute atomic E-state index is 0.100. The Bertz CT molecular complexity index is 1170. The zero-order valence-electron chi connectivity index (χ0n) is 17.9. The number of aromatic nitrogens is 1. The van der Waals surface area contributed by atoms with E-state index in [1.54, 1.807) is 39.5 Å². The first-order valence-corrected chi connectivity index (χ1v) is 10.4. The summed E-state index contributed by atoms with van der Waals surface area (Å²) in [5.41, 5.74) is 2.35. The van der Waals surface area contributed by atoms with E-state index in [-0.39, 0.29) is 18.2 Å². The van der Waals surface area contributed by atoms with Gasteiger partial charge in [0.2, 0.25) is 5.91 Å². The van der Waals surface area contributed by atoms with E-state index in [4.69, 9.17) is 14.2 Å². The monoisotopic (exact) mass is 443 g/mol. The van der Waals surface area contributed by atoms with Gasteiger partial charge in [0.15, 0.2) is 4.80 Å². The molecule has 2 aromatic carbocycles. The normalized spacial score (nSPS) is 11.5. The molecule has 9 heteroatoms. The number of nitrogens with zero attached hydrogens (tertiary/aromatic N) is 2. The Kier molecular flexibility index (Phi) is 7.43. The lowest BCUT2D eigenvalue weighted by Gasteiger charge is -2.09. The zero-order chi connectivity index (χ0) is 22.4. The molecule has 0 aliphatic rings. The third-order valence-electron chi connectivity index (χ3n) is 4.58. The highest BCUT2D eigenvalue weighted by Gasteiger charge is 2.12. The molecule has 0 spiro atoms. The molecule has 1 N–H and O–H groups in total. The van der Waals surface area contributed by atoms with Crippen LogP contribution in [0, 0.1) is 0 Å². The highest BCUT2D eigenvalue weighted by atomic mass is 32.1. The molecule has 0 radical (unpaired) electrons. The van der Waals surface area contributed by atoms with Gasteiger partial charge < -0.3 is 24.1 Å². The van der Waals surface area contributed by atoms with Crippen molar-refractivity contribution in [3.8, 4) is 11.5 Å². The van der Waals surface area contributed by atoms with Gasteiger partial charge in [-0.25, -0.2) is 0 Å². The predicted octanol–water partition coefficient (Wildman–Crippen LogP) is 2.99. The number of carbonyl (C=O) groups is 2. The molecular formula is C22H25N3O5S. The number of amides is 2. The Morgan fingerprint density at radius 3 is 2.58 bits per heavy atom. The van der Waals surface area contributed by atoms with Crippen molar-refractivity contribution in [1.29, 1.82) is 0 Å². The van der Waals surface area contributed by atoms with Gasteiger partial charge in [0.25, 0.3) is 5.91 Å². The molecule has 0 atom stereocenters. The Morgan fingerprint density at radius 2 is 1.90 bits per heavy atom. The first-order valence-electron chi connectivity index (χ1n) is 9.63. The van der Waals surface area contributed by atoms with Gasteiger partial charge in [-0.15, -0.1) is 0 Å². The van der Waals surface area contributed by atoms with Crippen molar-refractivity contribution < 1.29 is 23.8 Å². The van der Waals surface area contributed by atoms with Gasteiger partial charge in [-0.3, -0.25) is 9.59 Å². The molecule has 0 fully saturated rings. The second-order valence-corrected chi connectivity index (χ2v) is 7.76. The third-order valence-corrected chi connectivity index (χ3v) is 5.62. The Morgan fingerprint density at radius 1 is 1.10 bits per heavy atom. The standard InChI is InChI=1S/C22H25N3O5S/c1-14(26)23-16-6-8-18-20(12-16)31-22(25(18)9-10-28-2)24-21(27)11-15-5-7-17(29-3)13-19(15)30-4/h5-8,12-13H,9-11H2,1-4H3,(H,23,26). The molecule has 0 bridgehead atoms. The maximum Gasteiger partial charge on any atom is 0.252 e. The average Bonchev–Trinajstić information content (AvgIpc) is 3.07. The number of ether oxygens (including phenoxy) is 3. The van der Waals surface area contributed by atoms with Crippen LogP contribution in [-0.4, -0.2) is 44.3 Å². The van der Waals surface area contributed by atoms with Crippen LogP contribution in [0.15, 0.2) is 41.4 Å². The van der Waals surface area contributed by atoms with E-state index < -0.39 is 0 Å². The molecule has 0 saturated carbocycles. The van der Waals surface area contributed by atoms with Gasteiger partial charge in [0.05, 0.1) is 37.5 Å². The van der Waals surface area contributed by atoms with Crippen LogP contribution >= 0.6 is 11.3 Å². The maximum atomic E-state index is 12.8. The third kappa shape index (κ3) is 5.50. The van der Waals surface area contributed by atoms with Gasteiger partial charge in [0, 0.05) is 37.9 Å². The van der Waals surface area contributed by atoms with Crippen LogP contribution < -0.4 is 19.6 Å². The number of anilines is 1. The summed E-state index contributed by atoms with van der Waals surface area (Å²) in [6, 6.07) is 10.9. The number of carbonyl (C=O) groups excluding carboxylic acids is 2. The predicted molar refractivity (Wildman–Crippen MR) is 120 cm³/mol. The number of benzene rings is 2. The summed E-state index contributed by atoms with van der Waals surface area (Å²) in [7, 11) is 4.76. The van der Waals surface area contributed by atoms with Crippen molar-refractivity contribution in [1.82, 2.24) is 4.57 Å². The van der Waals surface area contributed by atoms with Gasteiger partial charge >= 0.3 is 0 Å². The van der Waals surface area contributed by atoms with Gasteiger partial charge in [-0.1, -0.05) is 17.4 Å². The van der Waals surface area contributed by atoms with E-state index in [0.717, 1.165) is 15.8 Å². The number of fused-ring (bicyclic) bond motifs is 1. The summed E-state index contributed by atoms with van der Waals surface area (Å²) < 4.78 is 18.7. The van der Waals surface area contributed by atoms with Crippen molar-refractivity contribution in [3.63, 3.8) is 0 Å². The molecule has 164 valence electrons. The molecule has 0 unspecified atom stereocenters. The lowest BCUT2D eigenvalue weighted by Crippen LogP contribution is -2.19. The highest BCUT2D eigenvalue weighted by Crippen LogP contribution is 2.25. The van der Waals surface area contributed by atoms with Gasteiger partial charge in [-0.05, 0) is 24.3 Å². The van der Waals surface area contributed by atoms with E-state index in [1.165, 1.54) is 18.3 Å². The van der Waals surface area contributed by atoms with Crippen molar-refractivity contribution in [2.75, 3.05) is 33.3 Å². The van der Waals surface area contributed by atoms with Crippen LogP contribution in [0.5, 0.6) is 11.5 Å². The second kappa shape index (κ2) is 10.2. The van der Waals surface area contributed by atoms with Crippen LogP contribution in [0.3, 0.4) is 0 Å². The largest absolute Gasteiger partial charge is 0.497 e. The van der Waals surface area contributed by atoms with E-state index in [0.29, 0.717) is 35.1 Å². The van der Waals surface area contributed by atoms with Crippen molar-refractivity contribution in [3.05, 3.63) is 46.8 Å². The number of hydrogen-bond acceptors (Lipinski definition) is 6. The maximum absolute atomic E-state index is 12.8. The minimum atomic E-state index is -0.289. The summed E-state index contributed by atoms with van der Waals surface area (Å²) in [5.74, 6) is 0.799. The Hall–Kier alpha value is -3.17. The molecule has 0 saturated heterocycles. The first kappa shape index (κ1) is 22.5. The smallest absolute Gasteiger partial charge is 0.252 e. The van der Waals surface area contributed by atoms with Crippen molar-refractivity contribution in [2.24, 2.45) is 4.99 Å². The molecule has 3 rings (SSSR count). The molecule has 3 aromatic rings. The summed E-state index contributed by atoms with van der Waals surface area (Å²) >= 11 is 1.39. The fourth-order valence-electron chi connectivity index (χ4n) is 3.15. The molecule has 2 amide bonds. The van der Waals surface area contributed by atoms with Gasteiger partial charge in [-0.2, -0.15) is 4.99 Å². The van der Waals surface area contributed by atoms with Crippen LogP contribution in [-0.2, 0) is 27.3 Å². The second-order valence-electron chi connectivity index (χ2n) is 6.75. The van der Waals surface area contributed by atoms with Crippen molar-refractivity contribution >= 4 is 39.1 Å². The lowest BCUT2D eigenvalue weighted by atomic mass is 10.1. The first-order chi connectivity index (χ1) is 14.9. The quantitative estimate of drug-likeness (QED) is 0.578. The average molecular weight is 444 g/mol. The summed E-state index contributed by atoms with van der Waals surface area (Å²) in [6.45, 7) is 2.49. The molecule has 8 nitrogen and oxygen atoms in total. The number of methoxy groups -OCH3 is 3. The van der Waals surface area contributed by atoms with Crippen molar-refractivity contribution in [2.45, 2.75) is 19.9 Å². The molecule has 0 aliphatic heterocycles. The minimum Gasteiger partial charge on any atom is -0.497 e. The SMILES string of the molecule is COCCn1c(=NC(=O)Cc2ccc(OC)cc2OC)sc2cc(NC(C)=O)ccc21. The molecule has 1 aromatic heterocycles. The summed E-state index contributed by atoms with van der Waals surface area (Å²) in [4.78, 5) is 29.1. The van der Waals surface area contributed by atoms with Crippen LogP contribution in [0.25, 0.3) is 10.2 Å². The van der Waals surface area contributed by atoms with E-state index in [9.17, 15) is 9.59 Å². The zero-order valence-corrected chi connectivity index (χ0v) is 18.7. The topological polar surface area (TPSA) is 91.2 Å². The lowest BCUT2D eigenvalue weighted by molar-refractivity contribution is -0.117. The van der Waals surface area contributed by atoms with Crippen LogP contribution in [0.2, 0.25) is 0 Å². The van der Waals surface area contributed by atoms with E-state index in [2.05, 4.69) is 10.3 Å². The Labute approximate surface area is 184 Å². The fraction of sp³-hybridized carbons (Fsp3) is 0.318.